The van der Waals surface area contributed by atoms with Crippen LogP contribution < -0.4 is 5.32 Å². The van der Waals surface area contributed by atoms with Crippen LogP contribution in [-0.4, -0.2) is 32.1 Å². The Balaban J connectivity index is 0.829. The number of hydrogen-bond donors (Lipinski definition) is 1. The lowest BCUT2D eigenvalue weighted by Gasteiger charge is -2.19. The third-order valence-corrected chi connectivity index (χ3v) is 19.3. The molecule has 10 aromatic rings. The number of pyridine rings is 1. The van der Waals surface area contributed by atoms with Crippen LogP contribution >= 0.6 is 0 Å². The number of aliphatic imine (C=N–C) groups is 2. The molecule has 2 aliphatic heterocycles. The zero-order valence-electron chi connectivity index (χ0n) is 52.5. The monoisotopic (exact) mass is 1210 g/mol. The first-order chi connectivity index (χ1) is 46.5. The predicted molar refractivity (Wildman–Crippen MR) is 394 cm³/mol. The van der Waals surface area contributed by atoms with Crippen LogP contribution in [0.3, 0.4) is 0 Å². The largest absolute Gasteiger partial charge is 0.456 e. The molecular weight excluding hydrogens is 1140 g/mol. The van der Waals surface area contributed by atoms with Gasteiger partial charge in [0.1, 0.15) is 11.2 Å². The summed E-state index contributed by atoms with van der Waals surface area (Å²) >= 11 is 0. The highest BCUT2D eigenvalue weighted by Gasteiger charge is 2.42. The van der Waals surface area contributed by atoms with Gasteiger partial charge in [0.15, 0.2) is 0 Å². The molecule has 0 saturated heterocycles. The summed E-state index contributed by atoms with van der Waals surface area (Å²) in [7, 11) is 0. The van der Waals surface area contributed by atoms with Crippen LogP contribution in [0.1, 0.15) is 90.7 Å². The molecule has 0 spiro atoms. The van der Waals surface area contributed by atoms with E-state index in [4.69, 9.17) is 19.4 Å². The summed E-state index contributed by atoms with van der Waals surface area (Å²) in [5, 5.41) is 9.20. The molecule has 2 atom stereocenters. The summed E-state index contributed by atoms with van der Waals surface area (Å²) in [5.41, 5.74) is 34.8. The van der Waals surface area contributed by atoms with Gasteiger partial charge in [0.2, 0.25) is 0 Å². The number of hydrogen-bond acceptors (Lipinski definition) is 5. The van der Waals surface area contributed by atoms with E-state index >= 15 is 0 Å². The van der Waals surface area contributed by atoms with Crippen molar-refractivity contribution in [1.29, 1.82) is 0 Å². The minimum absolute atomic E-state index is 0.451. The van der Waals surface area contributed by atoms with Gasteiger partial charge in [-0.25, -0.2) is 0 Å². The fourth-order valence-corrected chi connectivity index (χ4v) is 14.7. The maximum Gasteiger partial charge on any atom is 0.135 e. The Morgan fingerprint density at radius 1 is 0.681 bits per heavy atom. The number of furan rings is 1. The molecule has 1 saturated carbocycles. The molecule has 2 unspecified atom stereocenters. The van der Waals surface area contributed by atoms with Gasteiger partial charge in [0.25, 0.3) is 0 Å². The maximum atomic E-state index is 6.83. The van der Waals surface area contributed by atoms with E-state index in [1.165, 1.54) is 44.5 Å². The summed E-state index contributed by atoms with van der Waals surface area (Å²) < 4.78 is 11.7. The lowest BCUT2D eigenvalue weighted by Crippen LogP contribution is -2.17. The molecule has 5 aliphatic carbocycles. The molecule has 0 amide bonds. The Bertz CT molecular complexity index is 5550. The van der Waals surface area contributed by atoms with E-state index in [0.29, 0.717) is 11.8 Å². The number of aromatic nitrogens is 3. The topological polar surface area (TPSA) is 72.6 Å². The molecule has 6 aromatic carbocycles. The second-order valence-electron chi connectivity index (χ2n) is 24.9. The van der Waals surface area contributed by atoms with E-state index in [2.05, 4.69) is 257 Å². The Kier molecular flexibility index (Phi) is 14.3. The second-order valence-corrected chi connectivity index (χ2v) is 24.9. The maximum absolute atomic E-state index is 6.83. The zero-order chi connectivity index (χ0) is 62.6. The average molecular weight is 1210 g/mol. The molecule has 7 aliphatic rings. The van der Waals surface area contributed by atoms with Gasteiger partial charge in [-0.05, 0) is 211 Å². The SMILES string of the molecule is C/C=C\N=C(CC)c1ccccc1C1=C=Cc2c(n(-c3ccc4oc5ccc(-n6c7ccc(C8=C=CC=CC=C8c8ccccn8)cc7c7cc(C8=C(C9=NC=CCC=C9)C=CC9CC89)ccc76)cc5c4c3)c3ccc(/C4=C/C=C/CC=C(C5=CC=CCN5)C4)cc23)C=C1. The van der Waals surface area contributed by atoms with Gasteiger partial charge in [-0.1, -0.05) is 141 Å². The first-order valence-electron chi connectivity index (χ1n) is 32.9. The molecule has 0 radical (unpaired) electrons. The highest BCUT2D eigenvalue weighted by Crippen LogP contribution is 2.54. The molecule has 0 bridgehead atoms. The van der Waals surface area contributed by atoms with E-state index in [0.717, 1.165) is 161 Å². The normalized spacial score (nSPS) is 19.3. The minimum Gasteiger partial charge on any atom is -0.456 e. The van der Waals surface area contributed by atoms with Gasteiger partial charge in [0, 0.05) is 108 Å². The summed E-state index contributed by atoms with van der Waals surface area (Å²) in [4.78, 5) is 14.7. The summed E-state index contributed by atoms with van der Waals surface area (Å²) in [5.74, 6) is 0.994. The van der Waals surface area contributed by atoms with Crippen LogP contribution in [0, 0.1) is 11.8 Å². The molecule has 7 nitrogen and oxygen atoms in total. The van der Waals surface area contributed by atoms with Crippen LogP contribution in [-0.2, 0) is 0 Å². The zero-order valence-corrected chi connectivity index (χ0v) is 52.5. The van der Waals surface area contributed by atoms with Crippen molar-refractivity contribution in [3.63, 3.8) is 0 Å². The van der Waals surface area contributed by atoms with Gasteiger partial charge in [0.05, 0.1) is 33.6 Å². The van der Waals surface area contributed by atoms with Crippen LogP contribution in [0.5, 0.6) is 0 Å². The molecule has 1 N–H and O–H groups in total. The van der Waals surface area contributed by atoms with Crippen molar-refractivity contribution >= 4 is 106 Å². The fourth-order valence-electron chi connectivity index (χ4n) is 14.7. The summed E-state index contributed by atoms with van der Waals surface area (Å²) in [6, 6.07) is 49.2. The third-order valence-electron chi connectivity index (χ3n) is 19.3. The third kappa shape index (κ3) is 10.1. The number of benzene rings is 6. The molecule has 450 valence electrons. The molecule has 6 heterocycles. The highest BCUT2D eigenvalue weighted by molar-refractivity contribution is 6.18. The number of allylic oxidation sites excluding steroid dienone is 23. The van der Waals surface area contributed by atoms with E-state index in [1.54, 1.807) is 0 Å². The van der Waals surface area contributed by atoms with Gasteiger partial charge >= 0.3 is 0 Å². The van der Waals surface area contributed by atoms with Gasteiger partial charge in [-0.15, -0.1) is 11.5 Å². The average Bonchev–Trinajstić information content (AvgIpc) is 1.58. The number of fused-ring (bicyclic) bond motifs is 10. The lowest BCUT2D eigenvalue weighted by molar-refractivity contribution is 0.669. The molecule has 4 aromatic heterocycles. The molecule has 94 heavy (non-hydrogen) atoms. The van der Waals surface area contributed by atoms with Crippen molar-refractivity contribution < 1.29 is 4.42 Å². The minimum atomic E-state index is 0.451. The molecule has 17 rings (SSSR count). The standard InChI is InChI=1S/C87H66N6O/c1-3-45-88-77(4-2)67-25-14-13-23-65(67)56-29-37-69-72-50-58(57-20-8-5-9-21-61(49-57)78-26-15-18-47-89-78)32-40-82(72)92(81(69)39-31-56)63-35-43-85-75(54-63)76-55-64(36-44-86(76)94-85)93-83-41-33-59(66-22-10-6-11-24-68(66)79-28-16-19-48-90-79)52-73(83)74-53-62(34-42-84(74)93)87-70(38-30-60-51-71(60)87)80-27-12-7-17-46-91-80/h3,5-6,8,10-21,23-28,30-46,48,50,52-55,60,71,89H,4,7,9,47,49,51H2,1-2H3/b8-5+,45-3-,57-20+,61-21?,88-77?. The molecule has 1 fully saturated rings. The van der Waals surface area contributed by atoms with Crippen molar-refractivity contribution in [2.45, 2.75) is 46.0 Å². The number of nitrogens with one attached hydrogen (secondary N) is 1. The second kappa shape index (κ2) is 23.9. The fraction of sp³-hybridized carbons (Fsp3) is 0.115. The van der Waals surface area contributed by atoms with Crippen LogP contribution in [0.4, 0.5) is 0 Å². The lowest BCUT2D eigenvalue weighted by atomic mass is 9.88. The highest BCUT2D eigenvalue weighted by atomic mass is 16.3. The summed E-state index contributed by atoms with van der Waals surface area (Å²) in [6.45, 7) is 5.01. The number of rotatable bonds is 12. The van der Waals surface area contributed by atoms with Crippen LogP contribution in [0.15, 0.2) is 304 Å². The van der Waals surface area contributed by atoms with Gasteiger partial charge in [-0.3, -0.25) is 15.0 Å². The van der Waals surface area contributed by atoms with Crippen molar-refractivity contribution in [1.82, 2.24) is 19.4 Å². The van der Waals surface area contributed by atoms with E-state index in [-0.39, 0.29) is 0 Å². The Hall–Kier alpha value is -11.6. The first-order valence-corrected chi connectivity index (χ1v) is 32.9. The predicted octanol–water partition coefficient (Wildman–Crippen LogP) is 21.2. The van der Waals surface area contributed by atoms with Crippen LogP contribution in [0.2, 0.25) is 0 Å². The Labute approximate surface area is 547 Å². The van der Waals surface area contributed by atoms with Crippen molar-refractivity contribution in [3.05, 3.63) is 334 Å². The van der Waals surface area contributed by atoms with Crippen LogP contribution in [0.25, 0.3) is 106 Å². The molecule has 7 heteroatoms. The van der Waals surface area contributed by atoms with E-state index in [9.17, 15) is 0 Å². The Morgan fingerprint density at radius 2 is 1.47 bits per heavy atom. The first kappa shape index (κ1) is 56.4. The Morgan fingerprint density at radius 3 is 2.29 bits per heavy atom. The van der Waals surface area contributed by atoms with E-state index < -0.39 is 0 Å². The number of nitrogens with zero attached hydrogens (tertiary/aromatic N) is 5. The van der Waals surface area contributed by atoms with Crippen molar-refractivity contribution in [3.8, 4) is 11.4 Å². The smallest absolute Gasteiger partial charge is 0.135 e. The van der Waals surface area contributed by atoms with E-state index in [1.807, 2.05) is 55.9 Å². The van der Waals surface area contributed by atoms with Crippen molar-refractivity contribution in [2.75, 3.05) is 6.54 Å². The van der Waals surface area contributed by atoms with Gasteiger partial charge < -0.3 is 18.9 Å². The van der Waals surface area contributed by atoms with Crippen molar-refractivity contribution in [2.24, 2.45) is 21.8 Å². The number of dihydropyridines is 1. The quantitative estimate of drug-likeness (QED) is 0.0979. The summed E-state index contributed by atoms with van der Waals surface area (Å²) in [6.07, 6.45) is 54.1. The van der Waals surface area contributed by atoms with Gasteiger partial charge in [-0.2, -0.15) is 0 Å². The molecular formula is C87H66N6O.